The van der Waals surface area contributed by atoms with E-state index in [1.165, 1.54) is 57.3 Å². The van der Waals surface area contributed by atoms with Crippen LogP contribution in [0.3, 0.4) is 0 Å². The Balaban J connectivity index is 1.21. The van der Waals surface area contributed by atoms with Crippen molar-refractivity contribution in [3.63, 3.8) is 0 Å². The fraction of sp³-hybridized carbons (Fsp3) is 0.0816. The molecular formula is C49H34Br4Cl2N6O9. The van der Waals surface area contributed by atoms with E-state index in [0.29, 0.717) is 30.5 Å². The Morgan fingerprint density at radius 2 is 0.614 bits per heavy atom. The standard InChI is InChI=1S/C49H34Br4Cl2N6O9/c1-5-21-41(62)24(14-56)47(68)25(42(21)63)15-58-37-10-33(53)38(11-32(37)52)59-17-27-44(65)23(7-3)46(67)29(49(27)70)19-61-40-13-34(54)39(12-35(40)55)60-18-28-45(66)22(6-2)43(64)26(48(28)69)16-57-36-9-30(50)20(4)8-31(36)51/h5-19,57-61H,56H2,1-4H3/b21-5-,22-6+,23-7-,24-14+,25-15-,26-16-,27-17+,28-18+,29-19-. The molecule has 0 atom stereocenters. The molecule has 7 N–H and O–H groups in total. The van der Waals surface area contributed by atoms with E-state index in [2.05, 4.69) is 90.3 Å². The second-order valence-corrected chi connectivity index (χ2v) is 19.1. The predicted octanol–water partition coefficient (Wildman–Crippen LogP) is 10.1. The van der Waals surface area contributed by atoms with Crippen LogP contribution in [-0.2, 0) is 43.2 Å². The maximum absolute atomic E-state index is 13.8. The van der Waals surface area contributed by atoms with Crippen molar-refractivity contribution in [1.29, 1.82) is 0 Å². The molecule has 0 amide bonds. The lowest BCUT2D eigenvalue weighted by Gasteiger charge is -2.19. The second kappa shape index (κ2) is 22.2. The minimum absolute atomic E-state index is 0.0131. The topological polar surface area (TPSA) is 240 Å². The molecule has 3 aromatic carbocycles. The van der Waals surface area contributed by atoms with E-state index in [-0.39, 0.29) is 66.0 Å². The van der Waals surface area contributed by atoms with Gasteiger partial charge in [0.25, 0.3) is 0 Å². The molecule has 3 saturated carbocycles. The smallest absolute Gasteiger partial charge is 0.203 e. The lowest BCUT2D eigenvalue weighted by atomic mass is 9.83. The first-order valence-corrected chi connectivity index (χ1v) is 24.2. The number of rotatable bonds is 10. The average molecular weight is 1240 g/mol. The van der Waals surface area contributed by atoms with E-state index in [9.17, 15) is 43.2 Å². The highest BCUT2D eigenvalue weighted by Crippen LogP contribution is 2.37. The van der Waals surface area contributed by atoms with Crippen LogP contribution in [0.4, 0.5) is 28.4 Å². The van der Waals surface area contributed by atoms with Crippen LogP contribution >= 0.6 is 86.9 Å². The Hall–Kier alpha value is -6.35. The molecule has 0 bridgehead atoms. The second-order valence-electron chi connectivity index (χ2n) is 14.9. The highest BCUT2D eigenvalue weighted by molar-refractivity contribution is 9.11. The number of carbonyl (C=O) groups excluding carboxylic acids is 9. The Labute approximate surface area is 442 Å². The number of hydrogen-bond acceptors (Lipinski definition) is 15. The van der Waals surface area contributed by atoms with E-state index in [4.69, 9.17) is 28.9 Å². The lowest BCUT2D eigenvalue weighted by molar-refractivity contribution is -0.126. The van der Waals surface area contributed by atoms with Crippen LogP contribution in [0.1, 0.15) is 26.3 Å². The monoisotopic (exact) mass is 1240 g/mol. The third-order valence-electron chi connectivity index (χ3n) is 10.7. The first-order valence-electron chi connectivity index (χ1n) is 20.3. The van der Waals surface area contributed by atoms with E-state index in [1.54, 1.807) is 18.2 Å². The summed E-state index contributed by atoms with van der Waals surface area (Å²) in [5.74, 6) is -7.43. The van der Waals surface area contributed by atoms with Gasteiger partial charge in [-0.1, -0.05) is 57.4 Å². The maximum Gasteiger partial charge on any atom is 0.203 e. The summed E-state index contributed by atoms with van der Waals surface area (Å²) in [6.45, 7) is 6.34. The third-order valence-corrected chi connectivity index (χ3v) is 14.1. The van der Waals surface area contributed by atoms with Gasteiger partial charge >= 0.3 is 0 Å². The molecule has 0 aliphatic heterocycles. The molecule has 0 aromatic heterocycles. The van der Waals surface area contributed by atoms with Crippen molar-refractivity contribution >= 4 is 167 Å². The van der Waals surface area contributed by atoms with Crippen LogP contribution in [0.15, 0.2) is 160 Å². The molecule has 6 rings (SSSR count). The van der Waals surface area contributed by atoms with Crippen LogP contribution in [0, 0.1) is 6.92 Å². The minimum Gasteiger partial charge on any atom is -0.404 e. The van der Waals surface area contributed by atoms with Crippen molar-refractivity contribution in [1.82, 2.24) is 0 Å². The summed E-state index contributed by atoms with van der Waals surface area (Å²) in [5.41, 5.74) is 5.14. The predicted molar refractivity (Wildman–Crippen MR) is 282 cm³/mol. The van der Waals surface area contributed by atoms with Gasteiger partial charge in [-0.15, -0.1) is 0 Å². The molecule has 3 fully saturated rings. The van der Waals surface area contributed by atoms with Crippen LogP contribution in [-0.4, -0.2) is 52.0 Å². The summed E-state index contributed by atoms with van der Waals surface area (Å²) in [4.78, 5) is 119. The van der Waals surface area contributed by atoms with Crippen LogP contribution < -0.4 is 32.3 Å². The Morgan fingerprint density at radius 1 is 0.371 bits per heavy atom. The summed E-state index contributed by atoms with van der Waals surface area (Å²) in [6, 6.07) is 9.41. The number of ketones is 9. The Morgan fingerprint density at radius 3 is 0.914 bits per heavy atom. The fourth-order valence-corrected chi connectivity index (χ4v) is 9.14. The number of nitrogens with one attached hydrogen (secondary N) is 5. The van der Waals surface area contributed by atoms with Crippen molar-refractivity contribution in [2.75, 3.05) is 26.6 Å². The zero-order valence-electron chi connectivity index (χ0n) is 36.7. The number of Topliss-reactive ketones (excluding diaryl/α,β-unsaturated/α-hetero) is 9. The molecule has 0 spiro atoms. The van der Waals surface area contributed by atoms with Crippen LogP contribution in [0.2, 0.25) is 10.0 Å². The van der Waals surface area contributed by atoms with E-state index in [0.717, 1.165) is 41.0 Å². The number of anilines is 5. The van der Waals surface area contributed by atoms with Gasteiger partial charge in [0, 0.05) is 55.1 Å². The SMILES string of the molecule is C/C=C1\C(=O)/C(=C/Nc2cc(Br)c(N/C=C3/C(=O)/C(=C\Nc4cc(Cl)c(N/C=C5\C(=O)/C(=C/C)C(=O)/C(=C/Nc6cc(Br)c(C)cc6Br)C5=O)cc4Cl)C(=O)/C(=C\C)C3=O)cc2Br)C(=O)/C(=C/N)C1=O. The van der Waals surface area contributed by atoms with Gasteiger partial charge in [-0.3, -0.25) is 43.2 Å². The highest BCUT2D eigenvalue weighted by atomic mass is 79.9. The van der Waals surface area contributed by atoms with E-state index >= 15 is 0 Å². The summed E-state index contributed by atoms with van der Waals surface area (Å²) in [5, 5.41) is 14.4. The highest BCUT2D eigenvalue weighted by Gasteiger charge is 2.40. The van der Waals surface area contributed by atoms with Gasteiger partial charge in [-0.05, 0) is 117 Å². The van der Waals surface area contributed by atoms with Crippen molar-refractivity contribution in [3.05, 3.63) is 175 Å². The first-order chi connectivity index (χ1) is 33.2. The van der Waals surface area contributed by atoms with Gasteiger partial charge in [0.15, 0.2) is 0 Å². The normalized spacial score (nSPS) is 21.0. The largest absolute Gasteiger partial charge is 0.404 e. The number of halogens is 6. The van der Waals surface area contributed by atoms with Crippen molar-refractivity contribution in [2.24, 2.45) is 5.73 Å². The van der Waals surface area contributed by atoms with Crippen LogP contribution in [0.25, 0.3) is 0 Å². The van der Waals surface area contributed by atoms with Gasteiger partial charge in [-0.25, -0.2) is 0 Å². The average Bonchev–Trinajstić information content (AvgIpc) is 3.30. The summed E-state index contributed by atoms with van der Waals surface area (Å²) < 4.78 is 2.24. The number of nitrogens with two attached hydrogens (primary N) is 1. The number of allylic oxidation sites excluding steroid dienone is 12. The van der Waals surface area contributed by atoms with E-state index in [1.807, 2.05) is 13.0 Å². The number of benzene rings is 3. The number of carbonyl (C=O) groups is 9. The van der Waals surface area contributed by atoms with Crippen molar-refractivity contribution < 1.29 is 43.2 Å². The summed E-state index contributed by atoms with van der Waals surface area (Å²) in [7, 11) is 0. The quantitative estimate of drug-likeness (QED) is 0.0818. The lowest BCUT2D eigenvalue weighted by Crippen LogP contribution is -2.32. The molecular weight excluding hydrogens is 1210 g/mol. The summed E-state index contributed by atoms with van der Waals surface area (Å²) in [6.07, 6.45) is 10.5. The minimum atomic E-state index is -0.927. The molecule has 3 aliphatic rings. The molecule has 356 valence electrons. The zero-order chi connectivity index (χ0) is 51.5. The molecule has 3 aliphatic carbocycles. The van der Waals surface area contributed by atoms with Gasteiger partial charge in [-0.2, -0.15) is 0 Å². The van der Waals surface area contributed by atoms with Crippen molar-refractivity contribution in [2.45, 2.75) is 27.7 Å². The third kappa shape index (κ3) is 10.5. The van der Waals surface area contributed by atoms with E-state index < -0.39 is 57.6 Å². The molecule has 0 radical (unpaired) electrons. The summed E-state index contributed by atoms with van der Waals surface area (Å²) >= 11 is 27.0. The van der Waals surface area contributed by atoms with Gasteiger partial charge in [0.05, 0.1) is 88.6 Å². The van der Waals surface area contributed by atoms with Gasteiger partial charge in [0.1, 0.15) is 0 Å². The molecule has 15 nitrogen and oxygen atoms in total. The molecule has 70 heavy (non-hydrogen) atoms. The molecule has 21 heteroatoms. The van der Waals surface area contributed by atoms with Gasteiger partial charge in [0.2, 0.25) is 52.0 Å². The fourth-order valence-electron chi connectivity index (χ4n) is 6.87. The molecule has 0 saturated heterocycles. The van der Waals surface area contributed by atoms with Crippen LogP contribution in [0.5, 0.6) is 0 Å². The Kier molecular flexibility index (Phi) is 16.8. The molecule has 0 unspecified atom stereocenters. The van der Waals surface area contributed by atoms with Gasteiger partial charge < -0.3 is 32.3 Å². The number of hydrogen-bond donors (Lipinski definition) is 6. The Bertz CT molecular complexity index is 3230. The maximum atomic E-state index is 13.8. The first kappa shape index (κ1) is 53.0. The zero-order valence-corrected chi connectivity index (χ0v) is 44.5. The molecule has 0 heterocycles. The molecule has 3 aromatic rings. The van der Waals surface area contributed by atoms with Crippen molar-refractivity contribution in [3.8, 4) is 0 Å². The number of aryl methyl sites for hydroxylation is 1.